The molecule has 0 aliphatic carbocycles. The highest BCUT2D eigenvalue weighted by Gasteiger charge is 2.16. The molecule has 0 bridgehead atoms. The van der Waals surface area contributed by atoms with E-state index in [1.54, 1.807) is 0 Å². The second-order valence-corrected chi connectivity index (χ2v) is 3.47. The van der Waals surface area contributed by atoms with Crippen LogP contribution in [-0.4, -0.2) is 18.5 Å². The number of benzene rings is 1. The van der Waals surface area contributed by atoms with Gasteiger partial charge in [0.15, 0.2) is 11.6 Å². The maximum absolute atomic E-state index is 12.8. The number of carbonyl (C=O) groups excluding carboxylic acids is 1. The summed E-state index contributed by atoms with van der Waals surface area (Å²) in [4.78, 5) is 10.9. The largest absolute Gasteiger partial charge is 0.468 e. The second kappa shape index (κ2) is 5.07. The van der Waals surface area contributed by atoms with Crippen molar-refractivity contribution in [2.75, 3.05) is 7.11 Å². The number of methoxy groups -OCH3 is 1. The maximum Gasteiger partial charge on any atom is 0.324 e. The monoisotopic (exact) mass is 234 g/mol. The van der Waals surface area contributed by atoms with Crippen LogP contribution in [0.15, 0.2) is 18.2 Å². The van der Waals surface area contributed by atoms with Gasteiger partial charge in [0.1, 0.15) is 5.38 Å². The van der Waals surface area contributed by atoms with Crippen LogP contribution in [0.5, 0.6) is 0 Å². The van der Waals surface area contributed by atoms with Crippen molar-refractivity contribution in [2.24, 2.45) is 0 Å². The van der Waals surface area contributed by atoms with Crippen molar-refractivity contribution < 1.29 is 18.3 Å². The number of esters is 1. The van der Waals surface area contributed by atoms with Gasteiger partial charge in [-0.25, -0.2) is 8.78 Å². The Balaban J connectivity index is 2.73. The van der Waals surface area contributed by atoms with E-state index in [0.717, 1.165) is 12.1 Å². The smallest absolute Gasteiger partial charge is 0.324 e. The van der Waals surface area contributed by atoms with Crippen LogP contribution in [-0.2, 0) is 16.0 Å². The lowest BCUT2D eigenvalue weighted by Crippen LogP contribution is -2.18. The Hall–Kier alpha value is -1.16. The minimum atomic E-state index is -0.957. The molecule has 0 spiro atoms. The highest BCUT2D eigenvalue weighted by molar-refractivity contribution is 6.30. The zero-order valence-corrected chi connectivity index (χ0v) is 8.72. The minimum absolute atomic E-state index is 0.103. The molecular formula is C10H9ClF2O2. The van der Waals surface area contributed by atoms with Crippen LogP contribution in [0.2, 0.25) is 0 Å². The normalized spacial score (nSPS) is 12.3. The summed E-state index contributed by atoms with van der Waals surface area (Å²) >= 11 is 5.67. The van der Waals surface area contributed by atoms with Gasteiger partial charge < -0.3 is 4.74 Å². The Morgan fingerprint density at radius 1 is 1.47 bits per heavy atom. The molecule has 15 heavy (non-hydrogen) atoms. The van der Waals surface area contributed by atoms with Gasteiger partial charge in [-0.1, -0.05) is 6.07 Å². The van der Waals surface area contributed by atoms with Crippen LogP contribution in [0, 0.1) is 11.6 Å². The molecule has 0 aliphatic rings. The summed E-state index contributed by atoms with van der Waals surface area (Å²) in [5, 5.41) is -0.889. The SMILES string of the molecule is COC(=O)C(Cl)Cc1ccc(F)c(F)c1. The lowest BCUT2D eigenvalue weighted by molar-refractivity contribution is -0.140. The average Bonchev–Trinajstić information content (AvgIpc) is 2.22. The number of alkyl halides is 1. The summed E-state index contributed by atoms with van der Waals surface area (Å²) in [5.41, 5.74) is 0.444. The second-order valence-electron chi connectivity index (χ2n) is 2.94. The summed E-state index contributed by atoms with van der Waals surface area (Å²) in [6.45, 7) is 0. The van der Waals surface area contributed by atoms with Crippen LogP contribution in [0.1, 0.15) is 5.56 Å². The number of hydrogen-bond acceptors (Lipinski definition) is 2. The molecule has 5 heteroatoms. The van der Waals surface area contributed by atoms with Gasteiger partial charge in [0, 0.05) is 0 Å². The van der Waals surface area contributed by atoms with Gasteiger partial charge >= 0.3 is 5.97 Å². The van der Waals surface area contributed by atoms with Gasteiger partial charge in [0.2, 0.25) is 0 Å². The standard InChI is InChI=1S/C10H9ClF2O2/c1-15-10(14)7(11)4-6-2-3-8(12)9(13)5-6/h2-3,5,7H,4H2,1H3. The first-order valence-electron chi connectivity index (χ1n) is 4.20. The number of carbonyl (C=O) groups is 1. The van der Waals surface area contributed by atoms with E-state index < -0.39 is 23.0 Å². The number of ether oxygens (including phenoxy) is 1. The van der Waals surface area contributed by atoms with Crippen molar-refractivity contribution in [1.82, 2.24) is 0 Å². The molecule has 0 radical (unpaired) electrons. The van der Waals surface area contributed by atoms with Crippen LogP contribution < -0.4 is 0 Å². The molecule has 1 atom stereocenters. The zero-order valence-electron chi connectivity index (χ0n) is 7.97. The summed E-state index contributed by atoms with van der Waals surface area (Å²) in [5.74, 6) is -2.48. The first kappa shape index (κ1) is 11.9. The van der Waals surface area contributed by atoms with Crippen molar-refractivity contribution in [3.63, 3.8) is 0 Å². The average molecular weight is 235 g/mol. The summed E-state index contributed by atoms with van der Waals surface area (Å²) < 4.78 is 29.7. The van der Waals surface area contributed by atoms with Crippen LogP contribution >= 0.6 is 11.6 Å². The fourth-order valence-corrected chi connectivity index (χ4v) is 1.35. The molecule has 82 valence electrons. The van der Waals surface area contributed by atoms with Gasteiger partial charge in [-0.3, -0.25) is 4.79 Å². The van der Waals surface area contributed by atoms with E-state index in [2.05, 4.69) is 4.74 Å². The Kier molecular flexibility index (Phi) is 4.03. The molecule has 2 nitrogen and oxygen atoms in total. The minimum Gasteiger partial charge on any atom is -0.468 e. The first-order chi connectivity index (χ1) is 7.04. The Morgan fingerprint density at radius 2 is 2.13 bits per heavy atom. The summed E-state index contributed by atoms with van der Waals surface area (Å²) in [7, 11) is 1.21. The summed E-state index contributed by atoms with van der Waals surface area (Å²) in [6.07, 6.45) is 0.103. The molecule has 0 aliphatic heterocycles. The van der Waals surface area contributed by atoms with E-state index in [1.807, 2.05) is 0 Å². The molecule has 1 aromatic carbocycles. The highest BCUT2D eigenvalue weighted by atomic mass is 35.5. The number of hydrogen-bond donors (Lipinski definition) is 0. The zero-order chi connectivity index (χ0) is 11.4. The van der Waals surface area contributed by atoms with E-state index in [4.69, 9.17) is 11.6 Å². The molecule has 0 saturated heterocycles. The third kappa shape index (κ3) is 3.16. The van der Waals surface area contributed by atoms with Gasteiger partial charge in [-0.15, -0.1) is 11.6 Å². The summed E-state index contributed by atoms with van der Waals surface area (Å²) in [6, 6.07) is 3.37. The van der Waals surface area contributed by atoms with Crippen LogP contribution in [0.3, 0.4) is 0 Å². The Morgan fingerprint density at radius 3 is 2.67 bits per heavy atom. The van der Waals surface area contributed by atoms with Gasteiger partial charge in [0.05, 0.1) is 7.11 Å². The third-order valence-corrected chi connectivity index (χ3v) is 2.19. The topological polar surface area (TPSA) is 26.3 Å². The highest BCUT2D eigenvalue weighted by Crippen LogP contribution is 2.13. The Bertz CT molecular complexity index is 368. The van der Waals surface area contributed by atoms with Crippen molar-refractivity contribution >= 4 is 17.6 Å². The van der Waals surface area contributed by atoms with Crippen LogP contribution in [0.4, 0.5) is 8.78 Å². The van der Waals surface area contributed by atoms with Crippen molar-refractivity contribution in [3.8, 4) is 0 Å². The molecule has 1 rings (SSSR count). The molecular weight excluding hydrogens is 226 g/mol. The van der Waals surface area contributed by atoms with E-state index >= 15 is 0 Å². The molecule has 0 N–H and O–H groups in total. The first-order valence-corrected chi connectivity index (χ1v) is 4.64. The molecule has 0 fully saturated rings. The molecule has 1 unspecified atom stereocenters. The lowest BCUT2D eigenvalue weighted by atomic mass is 10.1. The van der Waals surface area contributed by atoms with Crippen molar-refractivity contribution in [3.05, 3.63) is 35.4 Å². The molecule has 0 saturated carbocycles. The van der Waals surface area contributed by atoms with Gasteiger partial charge in [-0.2, -0.15) is 0 Å². The van der Waals surface area contributed by atoms with E-state index in [0.29, 0.717) is 5.56 Å². The number of rotatable bonds is 3. The molecule has 0 heterocycles. The lowest BCUT2D eigenvalue weighted by Gasteiger charge is -2.07. The predicted molar refractivity (Wildman–Crippen MR) is 51.7 cm³/mol. The maximum atomic E-state index is 12.8. The Labute approximate surface area is 90.8 Å². The quantitative estimate of drug-likeness (QED) is 0.593. The van der Waals surface area contributed by atoms with E-state index in [1.165, 1.54) is 13.2 Å². The fourth-order valence-electron chi connectivity index (χ4n) is 1.08. The number of halogens is 3. The van der Waals surface area contributed by atoms with Crippen LogP contribution in [0.25, 0.3) is 0 Å². The molecule has 0 aromatic heterocycles. The van der Waals surface area contributed by atoms with Crippen molar-refractivity contribution in [2.45, 2.75) is 11.8 Å². The predicted octanol–water partition coefficient (Wildman–Crippen LogP) is 2.29. The van der Waals surface area contributed by atoms with E-state index in [9.17, 15) is 13.6 Å². The van der Waals surface area contributed by atoms with Gasteiger partial charge in [-0.05, 0) is 24.1 Å². The molecule has 0 amide bonds. The fraction of sp³-hybridized carbons (Fsp3) is 0.300. The van der Waals surface area contributed by atoms with E-state index in [-0.39, 0.29) is 6.42 Å². The van der Waals surface area contributed by atoms with Crippen molar-refractivity contribution in [1.29, 1.82) is 0 Å². The van der Waals surface area contributed by atoms with Gasteiger partial charge in [0.25, 0.3) is 0 Å². The molecule has 1 aromatic rings. The third-order valence-electron chi connectivity index (χ3n) is 1.86.